The summed E-state index contributed by atoms with van der Waals surface area (Å²) < 4.78 is 0. The largest absolute Gasteiger partial charge is 0.299 e. The Labute approximate surface area is 107 Å². The number of unbranched alkanes of at least 4 members (excludes halogenated alkanes) is 2. The molecule has 0 bridgehead atoms. The maximum atomic E-state index is 11.8. The van der Waals surface area contributed by atoms with Crippen LogP contribution in [0.4, 0.5) is 0 Å². The standard InChI is InChI=1S/C15H17NO2/c1-2-3-4-8-14(17)10-15(18)13-7-5-6-12(9-13)11-16/h5-7,9H,2-4,8,10H2,1H3. The zero-order valence-electron chi connectivity index (χ0n) is 10.6. The van der Waals surface area contributed by atoms with Gasteiger partial charge in [0.25, 0.3) is 0 Å². The van der Waals surface area contributed by atoms with Gasteiger partial charge < -0.3 is 0 Å². The SMILES string of the molecule is CCCCCC(=O)CC(=O)c1cccc(C#N)c1. The van der Waals surface area contributed by atoms with Crippen LogP contribution in [0.1, 0.15) is 54.9 Å². The Morgan fingerprint density at radius 2 is 2.06 bits per heavy atom. The molecule has 3 heteroatoms. The van der Waals surface area contributed by atoms with Crippen LogP contribution in [0.5, 0.6) is 0 Å². The highest BCUT2D eigenvalue weighted by Gasteiger charge is 2.11. The second kappa shape index (κ2) is 7.39. The molecule has 0 aliphatic carbocycles. The van der Waals surface area contributed by atoms with Crippen molar-refractivity contribution < 1.29 is 9.59 Å². The summed E-state index contributed by atoms with van der Waals surface area (Å²) in [4.78, 5) is 23.4. The molecule has 0 aliphatic heterocycles. The summed E-state index contributed by atoms with van der Waals surface area (Å²) in [7, 11) is 0. The first kappa shape index (κ1) is 14.1. The summed E-state index contributed by atoms with van der Waals surface area (Å²) in [6, 6.07) is 8.45. The summed E-state index contributed by atoms with van der Waals surface area (Å²) in [5, 5.41) is 8.74. The second-order valence-electron chi connectivity index (χ2n) is 4.29. The van der Waals surface area contributed by atoms with E-state index in [1.807, 2.05) is 6.07 Å². The fraction of sp³-hybridized carbons (Fsp3) is 0.400. The molecule has 1 rings (SSSR count). The average Bonchev–Trinajstić information content (AvgIpc) is 2.39. The van der Waals surface area contributed by atoms with Crippen molar-refractivity contribution >= 4 is 11.6 Å². The topological polar surface area (TPSA) is 57.9 Å². The molecule has 1 aromatic carbocycles. The van der Waals surface area contributed by atoms with E-state index in [9.17, 15) is 9.59 Å². The predicted molar refractivity (Wildman–Crippen MR) is 69.3 cm³/mol. The van der Waals surface area contributed by atoms with Gasteiger partial charge in [-0.1, -0.05) is 31.9 Å². The van der Waals surface area contributed by atoms with E-state index < -0.39 is 0 Å². The van der Waals surface area contributed by atoms with Gasteiger partial charge in [0.1, 0.15) is 5.78 Å². The minimum absolute atomic E-state index is 0.0178. The molecule has 0 aliphatic rings. The number of rotatable bonds is 7. The van der Waals surface area contributed by atoms with Crippen molar-refractivity contribution in [2.75, 3.05) is 0 Å². The van der Waals surface area contributed by atoms with E-state index in [2.05, 4.69) is 6.92 Å². The Balaban J connectivity index is 2.54. The van der Waals surface area contributed by atoms with E-state index in [0.717, 1.165) is 19.3 Å². The Bertz CT molecular complexity index is 472. The maximum Gasteiger partial charge on any atom is 0.170 e. The molecule has 0 radical (unpaired) electrons. The van der Waals surface area contributed by atoms with Crippen LogP contribution in [0.15, 0.2) is 24.3 Å². The molecule has 0 atom stereocenters. The van der Waals surface area contributed by atoms with Gasteiger partial charge in [0, 0.05) is 12.0 Å². The van der Waals surface area contributed by atoms with E-state index in [1.165, 1.54) is 6.07 Å². The molecule has 0 amide bonds. The van der Waals surface area contributed by atoms with Crippen LogP contribution in [0.3, 0.4) is 0 Å². The van der Waals surface area contributed by atoms with Crippen LogP contribution >= 0.6 is 0 Å². The van der Waals surface area contributed by atoms with Crippen molar-refractivity contribution in [2.45, 2.75) is 39.0 Å². The van der Waals surface area contributed by atoms with Gasteiger partial charge in [0.15, 0.2) is 5.78 Å². The highest BCUT2D eigenvalue weighted by atomic mass is 16.1. The molecular formula is C15H17NO2. The van der Waals surface area contributed by atoms with E-state index in [4.69, 9.17) is 5.26 Å². The fourth-order valence-electron chi connectivity index (χ4n) is 1.70. The lowest BCUT2D eigenvalue weighted by Gasteiger charge is -2.01. The van der Waals surface area contributed by atoms with E-state index >= 15 is 0 Å². The van der Waals surface area contributed by atoms with Crippen LogP contribution < -0.4 is 0 Å². The molecule has 0 aromatic heterocycles. The molecule has 3 nitrogen and oxygen atoms in total. The zero-order valence-corrected chi connectivity index (χ0v) is 10.6. The molecule has 0 saturated carbocycles. The third-order valence-electron chi connectivity index (χ3n) is 2.73. The van der Waals surface area contributed by atoms with Crippen molar-refractivity contribution in [2.24, 2.45) is 0 Å². The van der Waals surface area contributed by atoms with Gasteiger partial charge >= 0.3 is 0 Å². The first-order valence-electron chi connectivity index (χ1n) is 6.22. The van der Waals surface area contributed by atoms with Crippen molar-refractivity contribution in [3.8, 4) is 6.07 Å². The van der Waals surface area contributed by atoms with Crippen LogP contribution in [-0.2, 0) is 4.79 Å². The number of nitrogens with zero attached hydrogens (tertiary/aromatic N) is 1. The summed E-state index contributed by atoms with van der Waals surface area (Å²) in [5.41, 5.74) is 0.886. The summed E-state index contributed by atoms with van der Waals surface area (Å²) in [5.74, 6) is -0.218. The highest BCUT2D eigenvalue weighted by Crippen LogP contribution is 2.09. The van der Waals surface area contributed by atoms with Crippen LogP contribution in [0.2, 0.25) is 0 Å². The minimum atomic E-state index is -0.200. The van der Waals surface area contributed by atoms with Gasteiger partial charge in [-0.25, -0.2) is 0 Å². The Morgan fingerprint density at radius 1 is 1.28 bits per heavy atom. The maximum absolute atomic E-state index is 11.8. The van der Waals surface area contributed by atoms with Gasteiger partial charge in [-0.3, -0.25) is 9.59 Å². The smallest absolute Gasteiger partial charge is 0.170 e. The number of benzene rings is 1. The van der Waals surface area contributed by atoms with Crippen molar-refractivity contribution in [1.82, 2.24) is 0 Å². The summed E-state index contributed by atoms with van der Waals surface area (Å²) in [6.45, 7) is 2.07. The third-order valence-corrected chi connectivity index (χ3v) is 2.73. The molecule has 0 spiro atoms. The summed E-state index contributed by atoms with van der Waals surface area (Å²) >= 11 is 0. The second-order valence-corrected chi connectivity index (χ2v) is 4.29. The van der Waals surface area contributed by atoms with E-state index in [0.29, 0.717) is 17.5 Å². The van der Waals surface area contributed by atoms with Crippen LogP contribution in [0, 0.1) is 11.3 Å². The first-order valence-corrected chi connectivity index (χ1v) is 6.22. The fourth-order valence-corrected chi connectivity index (χ4v) is 1.70. The number of Topliss-reactive ketones (excluding diaryl/α,β-unsaturated/α-hetero) is 2. The van der Waals surface area contributed by atoms with Gasteiger partial charge in [-0.05, 0) is 18.6 Å². The van der Waals surface area contributed by atoms with E-state index in [-0.39, 0.29) is 18.0 Å². The quantitative estimate of drug-likeness (QED) is 0.419. The Kier molecular flexibility index (Phi) is 5.79. The number of hydrogen-bond acceptors (Lipinski definition) is 3. The lowest BCUT2D eigenvalue weighted by molar-refractivity contribution is -0.118. The molecule has 18 heavy (non-hydrogen) atoms. The number of ketones is 2. The zero-order chi connectivity index (χ0) is 13.4. The predicted octanol–water partition coefficient (Wildman–Crippen LogP) is 3.28. The van der Waals surface area contributed by atoms with E-state index in [1.54, 1.807) is 18.2 Å². The lowest BCUT2D eigenvalue weighted by Crippen LogP contribution is -2.08. The normalized spacial score (nSPS) is 9.78. The molecule has 0 unspecified atom stereocenters. The number of nitriles is 1. The van der Waals surface area contributed by atoms with Gasteiger partial charge in [0.2, 0.25) is 0 Å². The molecular weight excluding hydrogens is 226 g/mol. The molecule has 0 saturated heterocycles. The van der Waals surface area contributed by atoms with Gasteiger partial charge in [-0.2, -0.15) is 5.26 Å². The number of hydrogen-bond donors (Lipinski definition) is 0. The lowest BCUT2D eigenvalue weighted by atomic mass is 10.0. The molecule has 1 aromatic rings. The molecule has 0 N–H and O–H groups in total. The Hall–Kier alpha value is -1.95. The third kappa shape index (κ3) is 4.50. The van der Waals surface area contributed by atoms with Crippen LogP contribution in [-0.4, -0.2) is 11.6 Å². The monoisotopic (exact) mass is 243 g/mol. The average molecular weight is 243 g/mol. The Morgan fingerprint density at radius 3 is 2.72 bits per heavy atom. The van der Waals surface area contributed by atoms with Crippen molar-refractivity contribution in [3.63, 3.8) is 0 Å². The van der Waals surface area contributed by atoms with Gasteiger partial charge in [-0.15, -0.1) is 0 Å². The number of carbonyl (C=O) groups excluding carboxylic acids is 2. The van der Waals surface area contributed by atoms with Gasteiger partial charge in [0.05, 0.1) is 18.1 Å². The number of carbonyl (C=O) groups is 2. The highest BCUT2D eigenvalue weighted by molar-refractivity contribution is 6.08. The minimum Gasteiger partial charge on any atom is -0.299 e. The molecule has 0 heterocycles. The molecule has 94 valence electrons. The van der Waals surface area contributed by atoms with Crippen LogP contribution in [0.25, 0.3) is 0 Å². The van der Waals surface area contributed by atoms with Crippen molar-refractivity contribution in [3.05, 3.63) is 35.4 Å². The van der Waals surface area contributed by atoms with Crippen molar-refractivity contribution in [1.29, 1.82) is 5.26 Å². The summed E-state index contributed by atoms with van der Waals surface area (Å²) in [6.07, 6.45) is 3.34. The molecule has 0 fully saturated rings. The first-order chi connectivity index (χ1) is 8.67.